The third-order valence-corrected chi connectivity index (χ3v) is 5.05. The van der Waals surface area contributed by atoms with Crippen LogP contribution in [-0.2, 0) is 9.59 Å². The molecule has 0 saturated carbocycles. The topological polar surface area (TPSA) is 49.4 Å². The summed E-state index contributed by atoms with van der Waals surface area (Å²) in [6.07, 6.45) is 8.69. The Labute approximate surface area is 143 Å². The van der Waals surface area contributed by atoms with E-state index in [1.807, 2.05) is 35.2 Å². The number of hydrogen-bond acceptors (Lipinski definition) is 2. The Balaban J connectivity index is 1.38. The van der Waals surface area contributed by atoms with E-state index in [2.05, 4.69) is 11.4 Å². The summed E-state index contributed by atoms with van der Waals surface area (Å²) in [6.45, 7) is 1.67. The number of anilines is 1. The van der Waals surface area contributed by atoms with Crippen molar-refractivity contribution in [3.8, 4) is 0 Å². The van der Waals surface area contributed by atoms with Crippen LogP contribution in [0.2, 0.25) is 0 Å². The van der Waals surface area contributed by atoms with Crippen LogP contribution in [0, 0.1) is 5.92 Å². The lowest BCUT2D eigenvalue weighted by Gasteiger charge is -2.32. The van der Waals surface area contributed by atoms with Crippen molar-refractivity contribution in [2.75, 3.05) is 18.4 Å². The maximum Gasteiger partial charge on any atom is 0.249 e. The Kier molecular flexibility index (Phi) is 5.68. The number of amides is 2. The largest absolute Gasteiger partial charge is 0.339 e. The average Bonchev–Trinajstić information content (AvgIpc) is 3.15. The number of carbonyl (C=O) groups is 2. The molecule has 1 heterocycles. The first-order valence-electron chi connectivity index (χ1n) is 9.05. The summed E-state index contributed by atoms with van der Waals surface area (Å²) in [5, 5.41) is 2.93. The number of likely N-dealkylation sites (tertiary alicyclic amines) is 1. The molecule has 0 unspecified atom stereocenters. The first-order valence-corrected chi connectivity index (χ1v) is 9.05. The highest BCUT2D eigenvalue weighted by molar-refractivity contribution is 5.94. The summed E-state index contributed by atoms with van der Waals surface area (Å²) in [6, 6.07) is 9.58. The fourth-order valence-electron chi connectivity index (χ4n) is 3.57. The molecule has 3 rings (SSSR count). The molecule has 0 aromatic heterocycles. The molecular weight excluding hydrogens is 300 g/mol. The number of carbonyl (C=O) groups excluding carboxylic acids is 2. The lowest BCUT2D eigenvalue weighted by molar-refractivity contribution is -0.128. The van der Waals surface area contributed by atoms with Gasteiger partial charge in [-0.25, -0.2) is 0 Å². The Bertz CT molecular complexity index is 601. The van der Waals surface area contributed by atoms with Gasteiger partial charge in [-0.1, -0.05) is 24.3 Å². The van der Waals surface area contributed by atoms with Gasteiger partial charge in [-0.3, -0.25) is 9.59 Å². The number of hydrogen-bond donors (Lipinski definition) is 1. The maximum absolute atomic E-state index is 12.4. The summed E-state index contributed by atoms with van der Waals surface area (Å²) in [5.41, 5.74) is 1.86. The molecule has 1 aliphatic heterocycles. The van der Waals surface area contributed by atoms with Gasteiger partial charge in [0, 0.05) is 30.8 Å². The van der Waals surface area contributed by atoms with Crippen molar-refractivity contribution < 1.29 is 9.59 Å². The highest BCUT2D eigenvalue weighted by Gasteiger charge is 2.25. The average molecular weight is 326 g/mol. The van der Waals surface area contributed by atoms with Crippen LogP contribution in [0.5, 0.6) is 0 Å². The fourth-order valence-corrected chi connectivity index (χ4v) is 3.57. The van der Waals surface area contributed by atoms with Gasteiger partial charge >= 0.3 is 0 Å². The minimum absolute atomic E-state index is 0.0795. The highest BCUT2D eigenvalue weighted by Crippen LogP contribution is 2.26. The van der Waals surface area contributed by atoms with Gasteiger partial charge in [-0.15, -0.1) is 0 Å². The summed E-state index contributed by atoms with van der Waals surface area (Å²) in [7, 11) is 0. The first kappa shape index (κ1) is 16.7. The zero-order valence-corrected chi connectivity index (χ0v) is 14.2. The lowest BCUT2D eigenvalue weighted by atomic mass is 9.91. The number of benzene rings is 1. The van der Waals surface area contributed by atoms with E-state index in [-0.39, 0.29) is 11.8 Å². The van der Waals surface area contributed by atoms with Crippen molar-refractivity contribution in [1.82, 2.24) is 4.90 Å². The highest BCUT2D eigenvalue weighted by atomic mass is 16.2. The molecular formula is C20H26N2O2. The van der Waals surface area contributed by atoms with Crippen LogP contribution in [-0.4, -0.2) is 29.8 Å². The van der Waals surface area contributed by atoms with E-state index in [0.717, 1.165) is 62.9 Å². The molecule has 1 aromatic rings. The molecule has 4 nitrogen and oxygen atoms in total. The van der Waals surface area contributed by atoms with E-state index in [4.69, 9.17) is 0 Å². The van der Waals surface area contributed by atoms with Crippen molar-refractivity contribution >= 4 is 17.5 Å². The van der Waals surface area contributed by atoms with Gasteiger partial charge in [0.1, 0.15) is 0 Å². The molecule has 0 radical (unpaired) electrons. The Hall–Kier alpha value is -2.10. The number of rotatable bonds is 5. The standard InChI is InChI=1S/C20H26N2O2/c23-19(21-18-8-2-1-3-9-18)11-10-16-12-14-22(15-13-16)20(24)17-6-4-5-7-17/h1-3,6,8-9,16H,4-5,7,10-15H2,(H,21,23). The van der Waals surface area contributed by atoms with E-state index < -0.39 is 0 Å². The Morgan fingerprint density at radius 1 is 1.12 bits per heavy atom. The summed E-state index contributed by atoms with van der Waals surface area (Å²) in [5.74, 6) is 0.872. The van der Waals surface area contributed by atoms with E-state index in [1.165, 1.54) is 0 Å². The Morgan fingerprint density at radius 3 is 2.54 bits per heavy atom. The molecule has 0 bridgehead atoms. The van der Waals surface area contributed by atoms with Crippen molar-refractivity contribution in [1.29, 1.82) is 0 Å². The molecule has 1 saturated heterocycles. The van der Waals surface area contributed by atoms with Gasteiger partial charge < -0.3 is 10.2 Å². The van der Waals surface area contributed by atoms with Crippen molar-refractivity contribution in [2.45, 2.75) is 44.9 Å². The molecule has 1 N–H and O–H groups in total. The number of allylic oxidation sites excluding steroid dienone is 1. The van der Waals surface area contributed by atoms with Gasteiger partial charge in [-0.2, -0.15) is 0 Å². The second-order valence-corrected chi connectivity index (χ2v) is 6.81. The smallest absolute Gasteiger partial charge is 0.249 e. The van der Waals surface area contributed by atoms with Crippen LogP contribution in [0.3, 0.4) is 0 Å². The lowest BCUT2D eigenvalue weighted by Crippen LogP contribution is -2.39. The van der Waals surface area contributed by atoms with Gasteiger partial charge in [0.15, 0.2) is 0 Å². The predicted molar refractivity (Wildman–Crippen MR) is 95.5 cm³/mol. The molecule has 1 fully saturated rings. The number of nitrogens with zero attached hydrogens (tertiary/aromatic N) is 1. The van der Waals surface area contributed by atoms with E-state index >= 15 is 0 Å². The van der Waals surface area contributed by atoms with Crippen molar-refractivity contribution in [3.63, 3.8) is 0 Å². The molecule has 1 aliphatic carbocycles. The van der Waals surface area contributed by atoms with E-state index in [0.29, 0.717) is 12.3 Å². The molecule has 2 aliphatic rings. The first-order chi connectivity index (χ1) is 11.7. The fraction of sp³-hybridized carbons (Fsp3) is 0.500. The van der Waals surface area contributed by atoms with Gasteiger partial charge in [-0.05, 0) is 56.6 Å². The van der Waals surface area contributed by atoms with E-state index in [9.17, 15) is 9.59 Å². The second kappa shape index (κ2) is 8.13. The Morgan fingerprint density at radius 2 is 1.88 bits per heavy atom. The van der Waals surface area contributed by atoms with E-state index in [1.54, 1.807) is 0 Å². The van der Waals surface area contributed by atoms with Gasteiger partial charge in [0.05, 0.1) is 0 Å². The minimum Gasteiger partial charge on any atom is -0.339 e. The van der Waals surface area contributed by atoms with Crippen LogP contribution >= 0.6 is 0 Å². The zero-order valence-electron chi connectivity index (χ0n) is 14.2. The van der Waals surface area contributed by atoms with Crippen molar-refractivity contribution in [3.05, 3.63) is 42.0 Å². The molecule has 1 aromatic carbocycles. The molecule has 4 heteroatoms. The van der Waals surface area contributed by atoms with Crippen LogP contribution in [0.4, 0.5) is 5.69 Å². The third kappa shape index (κ3) is 4.47. The molecule has 128 valence electrons. The molecule has 0 atom stereocenters. The summed E-state index contributed by atoms with van der Waals surface area (Å²) in [4.78, 5) is 26.4. The normalized spacial score (nSPS) is 18.3. The van der Waals surface area contributed by atoms with Crippen LogP contribution in [0.15, 0.2) is 42.0 Å². The number of piperidine rings is 1. The number of para-hydroxylation sites is 1. The molecule has 2 amide bonds. The van der Waals surface area contributed by atoms with Crippen molar-refractivity contribution in [2.24, 2.45) is 5.92 Å². The van der Waals surface area contributed by atoms with Crippen LogP contribution < -0.4 is 5.32 Å². The minimum atomic E-state index is 0.0795. The summed E-state index contributed by atoms with van der Waals surface area (Å²) >= 11 is 0. The zero-order chi connectivity index (χ0) is 16.8. The maximum atomic E-state index is 12.4. The van der Waals surface area contributed by atoms with Crippen LogP contribution in [0.25, 0.3) is 0 Å². The second-order valence-electron chi connectivity index (χ2n) is 6.81. The quantitative estimate of drug-likeness (QED) is 0.896. The predicted octanol–water partition coefficient (Wildman–Crippen LogP) is 3.75. The third-order valence-electron chi connectivity index (χ3n) is 5.05. The van der Waals surface area contributed by atoms with Crippen LogP contribution in [0.1, 0.15) is 44.9 Å². The van der Waals surface area contributed by atoms with Gasteiger partial charge in [0.2, 0.25) is 11.8 Å². The summed E-state index contributed by atoms with van der Waals surface area (Å²) < 4.78 is 0. The molecule has 0 spiro atoms. The number of nitrogens with one attached hydrogen (secondary N) is 1. The monoisotopic (exact) mass is 326 g/mol. The van der Waals surface area contributed by atoms with Gasteiger partial charge in [0.25, 0.3) is 0 Å². The SMILES string of the molecule is O=C(CCC1CCN(C(=O)C2=CCCC2)CC1)Nc1ccccc1. The molecule has 24 heavy (non-hydrogen) atoms.